The van der Waals surface area contributed by atoms with Gasteiger partial charge < -0.3 is 5.32 Å². The molecule has 0 aliphatic carbocycles. The smallest absolute Gasteiger partial charge is 0.0941 e. The third-order valence-electron chi connectivity index (χ3n) is 3.23. The number of hydrogen-bond donors (Lipinski definition) is 1. The van der Waals surface area contributed by atoms with E-state index in [1.165, 1.54) is 16.1 Å². The Bertz CT molecular complexity index is 471. The summed E-state index contributed by atoms with van der Waals surface area (Å²) in [6.07, 6.45) is 2.32. The van der Waals surface area contributed by atoms with E-state index in [0.29, 0.717) is 5.92 Å². The zero-order valence-corrected chi connectivity index (χ0v) is 13.0. The predicted molar refractivity (Wildman–Crippen MR) is 84.8 cm³/mol. The molecule has 1 N–H and O–H groups in total. The van der Waals surface area contributed by atoms with Gasteiger partial charge in [-0.2, -0.15) is 0 Å². The molecule has 1 heterocycles. The van der Waals surface area contributed by atoms with Gasteiger partial charge in [0.2, 0.25) is 0 Å². The molecule has 2 aromatic rings. The van der Waals surface area contributed by atoms with Crippen LogP contribution in [0, 0.1) is 11.8 Å². The second-order valence-corrected chi connectivity index (χ2v) is 6.89. The Kier molecular flexibility index (Phi) is 5.34. The summed E-state index contributed by atoms with van der Waals surface area (Å²) in [5.41, 5.74) is 1.15. The number of hydrogen-bond acceptors (Lipinski definition) is 3. The van der Waals surface area contributed by atoms with Crippen LogP contribution >= 0.6 is 11.3 Å². The number of nitrogens with zero attached hydrogens (tertiary/aromatic N) is 1. The summed E-state index contributed by atoms with van der Waals surface area (Å²) in [6.45, 7) is 9.05. The number of benzene rings is 1. The van der Waals surface area contributed by atoms with Crippen LogP contribution in [0.3, 0.4) is 0 Å². The maximum absolute atomic E-state index is 4.71. The normalized spacial score (nSPS) is 13.3. The summed E-state index contributed by atoms with van der Waals surface area (Å²) in [7, 11) is 0. The van der Waals surface area contributed by atoms with Gasteiger partial charge in [-0.3, -0.25) is 0 Å². The second-order valence-electron chi connectivity index (χ2n) is 5.77. The van der Waals surface area contributed by atoms with Crippen molar-refractivity contribution in [3.63, 3.8) is 0 Å². The number of aromatic nitrogens is 1. The molecule has 0 fully saturated rings. The maximum Gasteiger partial charge on any atom is 0.0941 e. The Morgan fingerprint density at radius 3 is 2.74 bits per heavy atom. The van der Waals surface area contributed by atoms with E-state index in [-0.39, 0.29) is 0 Å². The van der Waals surface area contributed by atoms with Gasteiger partial charge in [-0.05, 0) is 43.5 Å². The maximum atomic E-state index is 4.71. The number of thiazole rings is 1. The highest BCUT2D eigenvalue weighted by atomic mass is 32.1. The molecular formula is C16H24N2S. The van der Waals surface area contributed by atoms with E-state index >= 15 is 0 Å². The number of para-hydroxylation sites is 1. The predicted octanol–water partition coefficient (Wildman–Crippen LogP) is 4.11. The lowest BCUT2D eigenvalue weighted by Crippen LogP contribution is -2.22. The van der Waals surface area contributed by atoms with Gasteiger partial charge in [0.25, 0.3) is 0 Å². The van der Waals surface area contributed by atoms with E-state index in [1.807, 2.05) is 11.3 Å². The van der Waals surface area contributed by atoms with Crippen molar-refractivity contribution in [2.75, 3.05) is 13.1 Å². The Morgan fingerprint density at radius 1 is 1.21 bits per heavy atom. The van der Waals surface area contributed by atoms with Crippen LogP contribution in [0.25, 0.3) is 10.2 Å². The first-order chi connectivity index (χ1) is 9.15. The third kappa shape index (κ3) is 4.59. The lowest BCUT2D eigenvalue weighted by atomic mass is 10.0. The van der Waals surface area contributed by atoms with E-state index in [4.69, 9.17) is 4.98 Å². The van der Waals surface area contributed by atoms with E-state index in [9.17, 15) is 0 Å². The first kappa shape index (κ1) is 14.5. The average Bonchev–Trinajstić information content (AvgIpc) is 2.76. The number of rotatable bonds is 7. The van der Waals surface area contributed by atoms with E-state index < -0.39 is 0 Å². The average molecular weight is 276 g/mol. The van der Waals surface area contributed by atoms with Gasteiger partial charge >= 0.3 is 0 Å². The van der Waals surface area contributed by atoms with Gasteiger partial charge in [-0.1, -0.05) is 32.9 Å². The Balaban J connectivity index is 1.80. The zero-order chi connectivity index (χ0) is 13.7. The molecule has 0 aliphatic heterocycles. The van der Waals surface area contributed by atoms with Crippen molar-refractivity contribution in [1.82, 2.24) is 10.3 Å². The van der Waals surface area contributed by atoms with Crippen LogP contribution in [0.4, 0.5) is 0 Å². The Morgan fingerprint density at radius 2 is 2.00 bits per heavy atom. The van der Waals surface area contributed by atoms with Crippen molar-refractivity contribution in [3.8, 4) is 0 Å². The molecule has 0 saturated heterocycles. The van der Waals surface area contributed by atoms with Gasteiger partial charge in [0.05, 0.1) is 15.2 Å². The molecule has 1 unspecified atom stereocenters. The molecule has 0 spiro atoms. The van der Waals surface area contributed by atoms with Crippen LogP contribution in [0.2, 0.25) is 0 Å². The topological polar surface area (TPSA) is 24.9 Å². The molecule has 19 heavy (non-hydrogen) atoms. The first-order valence-corrected chi connectivity index (χ1v) is 8.02. The lowest BCUT2D eigenvalue weighted by Gasteiger charge is -2.11. The summed E-state index contributed by atoms with van der Waals surface area (Å²) in [6, 6.07) is 8.41. The molecule has 0 aliphatic rings. The molecule has 0 bridgehead atoms. The summed E-state index contributed by atoms with van der Waals surface area (Å²) in [5.74, 6) is 1.43. The van der Waals surface area contributed by atoms with Gasteiger partial charge in [0.1, 0.15) is 0 Å². The number of nitrogens with one attached hydrogen (secondary N) is 1. The van der Waals surface area contributed by atoms with Crippen molar-refractivity contribution in [2.45, 2.75) is 33.6 Å². The molecule has 3 heteroatoms. The highest BCUT2D eigenvalue weighted by molar-refractivity contribution is 7.18. The second kappa shape index (κ2) is 7.01. The largest absolute Gasteiger partial charge is 0.316 e. The summed E-state index contributed by atoms with van der Waals surface area (Å²) < 4.78 is 1.31. The molecule has 2 nitrogen and oxygen atoms in total. The Hall–Kier alpha value is -0.930. The fourth-order valence-electron chi connectivity index (χ4n) is 2.15. The lowest BCUT2D eigenvalue weighted by molar-refractivity contribution is 0.474. The summed E-state index contributed by atoms with van der Waals surface area (Å²) >= 11 is 1.84. The van der Waals surface area contributed by atoms with Gasteiger partial charge in [0.15, 0.2) is 0 Å². The van der Waals surface area contributed by atoms with Crippen LogP contribution < -0.4 is 5.32 Å². The van der Waals surface area contributed by atoms with Crippen molar-refractivity contribution >= 4 is 21.6 Å². The van der Waals surface area contributed by atoms with Gasteiger partial charge in [-0.15, -0.1) is 11.3 Å². The molecule has 1 aromatic carbocycles. The molecule has 0 radical (unpaired) electrons. The van der Waals surface area contributed by atoms with Crippen molar-refractivity contribution in [3.05, 3.63) is 29.3 Å². The minimum absolute atomic E-state index is 0.695. The van der Waals surface area contributed by atoms with Crippen molar-refractivity contribution in [1.29, 1.82) is 0 Å². The molecule has 0 saturated carbocycles. The van der Waals surface area contributed by atoms with Crippen LogP contribution in [-0.4, -0.2) is 18.1 Å². The minimum atomic E-state index is 0.695. The SMILES string of the molecule is CC(C)CNCCC(C)Cc1nc2ccccc2s1. The first-order valence-electron chi connectivity index (χ1n) is 7.20. The number of fused-ring (bicyclic) bond motifs is 1. The molecule has 2 rings (SSSR count). The summed E-state index contributed by atoms with van der Waals surface area (Å²) in [5, 5.41) is 4.79. The molecule has 0 amide bonds. The fraction of sp³-hybridized carbons (Fsp3) is 0.562. The highest BCUT2D eigenvalue weighted by Gasteiger charge is 2.08. The van der Waals surface area contributed by atoms with E-state index in [1.54, 1.807) is 0 Å². The molecule has 1 atom stereocenters. The molecule has 1 aromatic heterocycles. The van der Waals surface area contributed by atoms with Crippen LogP contribution in [0.5, 0.6) is 0 Å². The van der Waals surface area contributed by atoms with Crippen molar-refractivity contribution < 1.29 is 0 Å². The van der Waals surface area contributed by atoms with Crippen LogP contribution in [0.1, 0.15) is 32.2 Å². The third-order valence-corrected chi connectivity index (χ3v) is 4.29. The van der Waals surface area contributed by atoms with Crippen LogP contribution in [0.15, 0.2) is 24.3 Å². The van der Waals surface area contributed by atoms with E-state index in [2.05, 4.69) is 50.4 Å². The molecule has 104 valence electrons. The quantitative estimate of drug-likeness (QED) is 0.770. The highest BCUT2D eigenvalue weighted by Crippen LogP contribution is 2.24. The van der Waals surface area contributed by atoms with Crippen molar-refractivity contribution in [2.24, 2.45) is 11.8 Å². The molecular weight excluding hydrogens is 252 g/mol. The minimum Gasteiger partial charge on any atom is -0.316 e. The van der Waals surface area contributed by atoms with Gasteiger partial charge in [-0.25, -0.2) is 4.98 Å². The Labute approximate surface area is 120 Å². The standard InChI is InChI=1S/C16H24N2S/c1-12(2)11-17-9-8-13(3)10-16-18-14-6-4-5-7-15(14)19-16/h4-7,12-13,17H,8-11H2,1-3H3. The van der Waals surface area contributed by atoms with Gasteiger partial charge in [0, 0.05) is 6.42 Å². The van der Waals surface area contributed by atoms with E-state index in [0.717, 1.165) is 30.9 Å². The summed E-state index contributed by atoms with van der Waals surface area (Å²) in [4.78, 5) is 4.71. The zero-order valence-electron chi connectivity index (χ0n) is 12.1. The fourth-order valence-corrected chi connectivity index (χ4v) is 3.28. The monoisotopic (exact) mass is 276 g/mol. The van der Waals surface area contributed by atoms with Crippen LogP contribution in [-0.2, 0) is 6.42 Å².